The van der Waals surface area contributed by atoms with E-state index < -0.39 is 0 Å². The van der Waals surface area contributed by atoms with Crippen LogP contribution in [-0.4, -0.2) is 39.7 Å². The van der Waals surface area contributed by atoms with Gasteiger partial charge in [0.15, 0.2) is 5.76 Å². The second-order valence-electron chi connectivity index (χ2n) is 8.22. The van der Waals surface area contributed by atoms with Crippen LogP contribution < -0.4 is 10.9 Å². The van der Waals surface area contributed by atoms with E-state index in [1.807, 2.05) is 41.9 Å². The molecule has 5 heterocycles. The molecule has 0 radical (unpaired) electrons. The Hall–Kier alpha value is -2.77. The number of fused-ring (bicyclic) bond motifs is 4. The van der Waals surface area contributed by atoms with Gasteiger partial charge in [-0.15, -0.1) is 0 Å². The molecule has 1 N–H and O–H groups in total. The number of hydrogen-bond acceptors (Lipinski definition) is 6. The molecule has 2 atom stereocenters. The maximum atomic E-state index is 13.1. The smallest absolute Gasteiger partial charge is 0.255 e. The number of pyridine rings is 2. The predicted octanol–water partition coefficient (Wildman–Crippen LogP) is 2.24. The second kappa shape index (κ2) is 7.57. The molecule has 3 aromatic rings. The number of hydrogen-bond donors (Lipinski definition) is 1. The molecule has 0 unspecified atom stereocenters. The summed E-state index contributed by atoms with van der Waals surface area (Å²) in [6, 6.07) is 11.8. The Bertz CT molecular complexity index is 1060. The highest BCUT2D eigenvalue weighted by atomic mass is 16.5. The maximum Gasteiger partial charge on any atom is 0.255 e. The summed E-state index contributed by atoms with van der Waals surface area (Å²) in [6.07, 6.45) is 2.93. The second-order valence-corrected chi connectivity index (χ2v) is 8.22. The fraction of sp³-hybridized carbons (Fsp3) is 0.409. The van der Waals surface area contributed by atoms with E-state index >= 15 is 0 Å². The van der Waals surface area contributed by atoms with Crippen molar-refractivity contribution in [1.29, 1.82) is 0 Å². The molecule has 3 aromatic heterocycles. The Morgan fingerprint density at radius 2 is 2.14 bits per heavy atom. The molecule has 150 valence electrons. The average Bonchev–Trinajstić information content (AvgIpc) is 3.20. The Labute approximate surface area is 169 Å². The van der Waals surface area contributed by atoms with E-state index in [4.69, 9.17) is 4.52 Å². The molecule has 0 amide bonds. The van der Waals surface area contributed by atoms with Gasteiger partial charge in [-0.05, 0) is 44.1 Å². The zero-order valence-electron chi connectivity index (χ0n) is 16.5. The Morgan fingerprint density at radius 3 is 3.00 bits per heavy atom. The van der Waals surface area contributed by atoms with Crippen molar-refractivity contribution in [3.63, 3.8) is 0 Å². The number of nitrogens with zero attached hydrogens (tertiary/aromatic N) is 4. The summed E-state index contributed by atoms with van der Waals surface area (Å²) in [5.41, 5.74) is 3.67. The summed E-state index contributed by atoms with van der Waals surface area (Å²) in [5, 5.41) is 7.61. The molecule has 5 rings (SSSR count). The van der Waals surface area contributed by atoms with Crippen molar-refractivity contribution in [3.05, 3.63) is 70.0 Å². The lowest BCUT2D eigenvalue weighted by Gasteiger charge is -2.37. The van der Waals surface area contributed by atoms with Crippen molar-refractivity contribution in [2.24, 2.45) is 5.92 Å². The minimum absolute atomic E-state index is 0.151. The normalized spacial score (nSPS) is 20.6. The molecular weight excluding hydrogens is 366 g/mol. The van der Waals surface area contributed by atoms with Gasteiger partial charge in [-0.25, -0.2) is 0 Å². The molecule has 1 saturated heterocycles. The van der Waals surface area contributed by atoms with Crippen LogP contribution in [0.25, 0.3) is 11.4 Å². The highest BCUT2D eigenvalue weighted by Gasteiger charge is 2.31. The lowest BCUT2D eigenvalue weighted by molar-refractivity contribution is 0.250. The van der Waals surface area contributed by atoms with Crippen LogP contribution in [0.5, 0.6) is 0 Å². The molecule has 0 saturated carbocycles. The van der Waals surface area contributed by atoms with Gasteiger partial charge >= 0.3 is 0 Å². The maximum absolute atomic E-state index is 13.1. The van der Waals surface area contributed by atoms with Gasteiger partial charge < -0.3 is 14.4 Å². The van der Waals surface area contributed by atoms with Gasteiger partial charge in [0, 0.05) is 49.1 Å². The zero-order valence-corrected chi connectivity index (χ0v) is 16.5. The summed E-state index contributed by atoms with van der Waals surface area (Å²) in [7, 11) is 1.99. The van der Waals surface area contributed by atoms with Crippen LogP contribution in [-0.2, 0) is 19.6 Å². The summed E-state index contributed by atoms with van der Waals surface area (Å²) >= 11 is 0. The van der Waals surface area contributed by atoms with Crippen molar-refractivity contribution in [1.82, 2.24) is 24.9 Å². The molecule has 29 heavy (non-hydrogen) atoms. The third-order valence-electron chi connectivity index (χ3n) is 5.94. The lowest BCUT2D eigenvalue weighted by Crippen LogP contribution is -2.45. The molecule has 1 fully saturated rings. The number of nitrogens with one attached hydrogen (secondary N) is 1. The molecule has 2 aliphatic heterocycles. The van der Waals surface area contributed by atoms with E-state index in [1.54, 1.807) is 6.20 Å². The first-order valence-electron chi connectivity index (χ1n) is 10.2. The summed E-state index contributed by atoms with van der Waals surface area (Å²) in [6.45, 7) is 3.96. The molecule has 7 nitrogen and oxygen atoms in total. The summed E-state index contributed by atoms with van der Waals surface area (Å²) in [5.74, 6) is 1.78. The largest absolute Gasteiger partial charge is 0.359 e. The highest BCUT2D eigenvalue weighted by Crippen LogP contribution is 2.31. The molecule has 0 spiro atoms. The van der Waals surface area contributed by atoms with E-state index in [1.165, 1.54) is 12.1 Å². The van der Waals surface area contributed by atoms with Crippen molar-refractivity contribution < 1.29 is 4.52 Å². The molecular formula is C22H25N5O2. The van der Waals surface area contributed by atoms with Gasteiger partial charge in [-0.1, -0.05) is 17.3 Å². The van der Waals surface area contributed by atoms with Crippen molar-refractivity contribution in [2.45, 2.75) is 32.0 Å². The van der Waals surface area contributed by atoms with Crippen LogP contribution in [0, 0.1) is 5.92 Å². The van der Waals surface area contributed by atoms with Gasteiger partial charge in [-0.2, -0.15) is 0 Å². The lowest BCUT2D eigenvalue weighted by atomic mass is 9.84. The summed E-state index contributed by atoms with van der Waals surface area (Å²) < 4.78 is 7.49. The first-order chi connectivity index (χ1) is 14.2. The molecule has 2 aliphatic rings. The van der Waals surface area contributed by atoms with Crippen LogP contribution in [0.4, 0.5) is 0 Å². The van der Waals surface area contributed by atoms with Crippen molar-refractivity contribution in [3.8, 4) is 11.4 Å². The van der Waals surface area contributed by atoms with Crippen LogP contribution >= 0.6 is 0 Å². The Kier molecular flexibility index (Phi) is 4.77. The van der Waals surface area contributed by atoms with Crippen molar-refractivity contribution >= 4 is 0 Å². The number of piperidine rings is 1. The van der Waals surface area contributed by atoms with Gasteiger partial charge in [0.25, 0.3) is 5.56 Å². The SMILES string of the molecule is CN(Cc1cc(-c2ccccn2)no1)Cc1ccc2n(c1=O)C[C@@H]1CNC[C@H]2C1. The van der Waals surface area contributed by atoms with Gasteiger partial charge in [0.1, 0.15) is 5.69 Å². The van der Waals surface area contributed by atoms with Crippen LogP contribution in [0.2, 0.25) is 0 Å². The van der Waals surface area contributed by atoms with E-state index in [0.29, 0.717) is 24.9 Å². The first-order valence-corrected chi connectivity index (χ1v) is 10.2. The minimum Gasteiger partial charge on any atom is -0.359 e. The number of rotatable bonds is 5. The zero-order chi connectivity index (χ0) is 19.8. The summed E-state index contributed by atoms with van der Waals surface area (Å²) in [4.78, 5) is 19.5. The van der Waals surface area contributed by atoms with Crippen LogP contribution in [0.3, 0.4) is 0 Å². The topological polar surface area (TPSA) is 76.2 Å². The van der Waals surface area contributed by atoms with E-state index in [-0.39, 0.29) is 5.56 Å². The molecule has 7 heteroatoms. The number of aromatic nitrogens is 3. The monoisotopic (exact) mass is 391 g/mol. The van der Waals surface area contributed by atoms with E-state index in [2.05, 4.69) is 26.4 Å². The van der Waals surface area contributed by atoms with Gasteiger partial charge in [-0.3, -0.25) is 14.7 Å². The van der Waals surface area contributed by atoms with E-state index in [0.717, 1.165) is 42.3 Å². The Balaban J connectivity index is 1.30. The van der Waals surface area contributed by atoms with Crippen molar-refractivity contribution in [2.75, 3.05) is 20.1 Å². The molecule has 2 bridgehead atoms. The quantitative estimate of drug-likeness (QED) is 0.719. The highest BCUT2D eigenvalue weighted by molar-refractivity contribution is 5.52. The van der Waals surface area contributed by atoms with Crippen LogP contribution in [0.1, 0.15) is 29.4 Å². The third kappa shape index (κ3) is 3.63. The predicted molar refractivity (Wildman–Crippen MR) is 109 cm³/mol. The molecule has 0 aromatic carbocycles. The standard InChI is InChI=1S/C22H25N5O2/c1-26(14-18-9-20(25-29-18)19-4-2-3-7-24-19)13-16-5-6-21-17-8-15(10-23-11-17)12-27(21)22(16)28/h2-7,9,15,17,23H,8,10-14H2,1H3/t15-,17+/m0/s1. The minimum atomic E-state index is 0.151. The van der Waals surface area contributed by atoms with Gasteiger partial charge in [0.05, 0.1) is 12.2 Å². The average molecular weight is 391 g/mol. The fourth-order valence-electron chi connectivity index (χ4n) is 4.59. The van der Waals surface area contributed by atoms with E-state index in [9.17, 15) is 4.79 Å². The van der Waals surface area contributed by atoms with Gasteiger partial charge in [0.2, 0.25) is 0 Å². The first kappa shape index (κ1) is 18.3. The Morgan fingerprint density at radius 1 is 1.21 bits per heavy atom. The fourth-order valence-corrected chi connectivity index (χ4v) is 4.59. The third-order valence-corrected chi connectivity index (χ3v) is 5.94. The van der Waals surface area contributed by atoms with Crippen LogP contribution in [0.15, 0.2) is 51.9 Å². The molecule has 0 aliphatic carbocycles.